The standard InChI is InChI=1S/C18H21Cl2NO.C2H4O2/c1-3-21(4-2)12-11-14-7-5-6-8-17(14)22-18-10-9-15(19)13-16(18)20;1-2(3)4/h5-10,13H,3-4,11-12H2,1-2H3;1H3,(H,3,4). The summed E-state index contributed by atoms with van der Waals surface area (Å²) >= 11 is 12.1. The molecule has 0 bridgehead atoms. The molecule has 0 amide bonds. The maximum Gasteiger partial charge on any atom is 0.300 e. The van der Waals surface area contributed by atoms with Crippen molar-refractivity contribution in [1.82, 2.24) is 4.90 Å². The van der Waals surface area contributed by atoms with Crippen LogP contribution in [0.15, 0.2) is 42.5 Å². The minimum absolute atomic E-state index is 0.519. The number of halogens is 2. The van der Waals surface area contributed by atoms with Crippen LogP contribution in [0.4, 0.5) is 0 Å². The van der Waals surface area contributed by atoms with Gasteiger partial charge in [-0.1, -0.05) is 55.2 Å². The highest BCUT2D eigenvalue weighted by Crippen LogP contribution is 2.33. The first-order chi connectivity index (χ1) is 12.4. The molecule has 0 aliphatic rings. The third kappa shape index (κ3) is 8.09. The SMILES string of the molecule is CC(=O)O.CCN(CC)CCc1ccccc1Oc1ccc(Cl)cc1Cl. The summed E-state index contributed by atoms with van der Waals surface area (Å²) in [5, 5.41) is 8.54. The first-order valence-corrected chi connectivity index (χ1v) is 9.25. The van der Waals surface area contributed by atoms with Crippen molar-refractivity contribution < 1.29 is 14.6 Å². The van der Waals surface area contributed by atoms with Gasteiger partial charge in [0.05, 0.1) is 5.02 Å². The summed E-state index contributed by atoms with van der Waals surface area (Å²) in [6.07, 6.45) is 0.947. The lowest BCUT2D eigenvalue weighted by atomic mass is 10.1. The fraction of sp³-hybridized carbons (Fsp3) is 0.350. The van der Waals surface area contributed by atoms with E-state index >= 15 is 0 Å². The Bertz CT molecular complexity index is 699. The number of carboxylic acid groups (broad SMARTS) is 1. The zero-order valence-corrected chi connectivity index (χ0v) is 16.8. The molecule has 0 aromatic heterocycles. The van der Waals surface area contributed by atoms with Crippen molar-refractivity contribution in [2.75, 3.05) is 19.6 Å². The van der Waals surface area contributed by atoms with Crippen LogP contribution in [0.1, 0.15) is 26.3 Å². The van der Waals surface area contributed by atoms with E-state index < -0.39 is 5.97 Å². The number of rotatable bonds is 7. The number of hydrogen-bond donors (Lipinski definition) is 1. The number of ether oxygens (including phenoxy) is 1. The summed E-state index contributed by atoms with van der Waals surface area (Å²) in [5.74, 6) is 0.639. The maximum absolute atomic E-state index is 9.00. The van der Waals surface area contributed by atoms with Gasteiger partial charge >= 0.3 is 0 Å². The van der Waals surface area contributed by atoms with Crippen LogP contribution in [0.2, 0.25) is 10.0 Å². The highest BCUT2D eigenvalue weighted by molar-refractivity contribution is 6.35. The summed E-state index contributed by atoms with van der Waals surface area (Å²) in [6.45, 7) is 8.57. The van der Waals surface area contributed by atoms with Gasteiger partial charge in [-0.05, 0) is 49.3 Å². The van der Waals surface area contributed by atoms with Gasteiger partial charge < -0.3 is 14.7 Å². The van der Waals surface area contributed by atoms with Gasteiger partial charge in [-0.25, -0.2) is 0 Å². The first kappa shape index (κ1) is 22.3. The molecule has 0 aliphatic carbocycles. The fourth-order valence-electron chi connectivity index (χ4n) is 2.30. The molecule has 2 rings (SSSR count). The lowest BCUT2D eigenvalue weighted by molar-refractivity contribution is -0.134. The van der Waals surface area contributed by atoms with Gasteiger partial charge in [0, 0.05) is 18.5 Å². The Labute approximate surface area is 165 Å². The summed E-state index contributed by atoms with van der Waals surface area (Å²) < 4.78 is 5.99. The molecular formula is C20H25Cl2NO3. The molecule has 2 aromatic carbocycles. The van der Waals surface area contributed by atoms with E-state index in [9.17, 15) is 0 Å². The smallest absolute Gasteiger partial charge is 0.300 e. The van der Waals surface area contributed by atoms with Crippen molar-refractivity contribution >= 4 is 29.2 Å². The Kier molecular flexibility index (Phi) is 10.1. The van der Waals surface area contributed by atoms with Crippen LogP contribution in [0.5, 0.6) is 11.5 Å². The highest BCUT2D eigenvalue weighted by Gasteiger charge is 2.09. The number of para-hydroxylation sites is 1. The van der Waals surface area contributed by atoms with E-state index in [4.69, 9.17) is 37.8 Å². The number of nitrogens with zero attached hydrogens (tertiary/aromatic N) is 1. The monoisotopic (exact) mass is 397 g/mol. The average molecular weight is 398 g/mol. The molecule has 0 unspecified atom stereocenters. The molecule has 0 heterocycles. The highest BCUT2D eigenvalue weighted by atomic mass is 35.5. The third-order valence-electron chi connectivity index (χ3n) is 3.68. The molecule has 0 radical (unpaired) electrons. The number of carboxylic acids is 1. The van der Waals surface area contributed by atoms with Gasteiger partial charge in [-0.3, -0.25) is 4.79 Å². The van der Waals surface area contributed by atoms with Crippen LogP contribution in [-0.2, 0) is 11.2 Å². The van der Waals surface area contributed by atoms with Gasteiger partial charge in [0.15, 0.2) is 0 Å². The number of carbonyl (C=O) groups is 1. The van der Waals surface area contributed by atoms with Crippen LogP contribution in [0.25, 0.3) is 0 Å². The van der Waals surface area contributed by atoms with Gasteiger partial charge in [-0.15, -0.1) is 0 Å². The van der Waals surface area contributed by atoms with Crippen LogP contribution in [0.3, 0.4) is 0 Å². The number of hydrogen-bond acceptors (Lipinski definition) is 3. The van der Waals surface area contributed by atoms with E-state index in [1.807, 2.05) is 18.2 Å². The summed E-state index contributed by atoms with van der Waals surface area (Å²) in [5.41, 5.74) is 1.18. The Balaban J connectivity index is 0.000000765. The lowest BCUT2D eigenvalue weighted by Crippen LogP contribution is -2.25. The fourth-order valence-corrected chi connectivity index (χ4v) is 2.75. The van der Waals surface area contributed by atoms with Crippen LogP contribution < -0.4 is 4.74 Å². The number of aliphatic carboxylic acids is 1. The van der Waals surface area contributed by atoms with Crippen molar-refractivity contribution in [1.29, 1.82) is 0 Å². The molecular weight excluding hydrogens is 373 g/mol. The Hall–Kier alpha value is -1.75. The second kappa shape index (κ2) is 11.8. The van der Waals surface area contributed by atoms with Gasteiger partial charge in [0.25, 0.3) is 5.97 Å². The van der Waals surface area contributed by atoms with E-state index in [2.05, 4.69) is 24.8 Å². The Morgan fingerprint density at radius 3 is 2.27 bits per heavy atom. The van der Waals surface area contributed by atoms with Crippen LogP contribution >= 0.6 is 23.2 Å². The quantitative estimate of drug-likeness (QED) is 0.644. The van der Waals surface area contributed by atoms with Gasteiger partial charge in [0.2, 0.25) is 0 Å². The normalized spacial score (nSPS) is 10.2. The van der Waals surface area contributed by atoms with Crippen LogP contribution in [0, 0.1) is 0 Å². The van der Waals surface area contributed by atoms with E-state index in [0.717, 1.165) is 38.7 Å². The second-order valence-electron chi connectivity index (χ2n) is 5.58. The molecule has 6 heteroatoms. The van der Waals surface area contributed by atoms with Gasteiger partial charge in [0.1, 0.15) is 11.5 Å². The van der Waals surface area contributed by atoms with Gasteiger partial charge in [-0.2, -0.15) is 0 Å². The maximum atomic E-state index is 9.00. The van der Waals surface area contributed by atoms with E-state index in [1.165, 1.54) is 5.56 Å². The molecule has 26 heavy (non-hydrogen) atoms. The molecule has 0 saturated carbocycles. The number of benzene rings is 2. The molecule has 0 spiro atoms. The minimum Gasteiger partial charge on any atom is -0.481 e. The molecule has 0 atom stereocenters. The summed E-state index contributed by atoms with van der Waals surface area (Å²) in [4.78, 5) is 11.4. The van der Waals surface area contributed by atoms with Crippen molar-refractivity contribution in [3.63, 3.8) is 0 Å². The second-order valence-corrected chi connectivity index (χ2v) is 6.42. The van der Waals surface area contributed by atoms with Crippen molar-refractivity contribution in [3.8, 4) is 11.5 Å². The topological polar surface area (TPSA) is 49.8 Å². The third-order valence-corrected chi connectivity index (χ3v) is 4.21. The van der Waals surface area contributed by atoms with Crippen molar-refractivity contribution in [2.45, 2.75) is 27.2 Å². The zero-order chi connectivity index (χ0) is 19.5. The van der Waals surface area contributed by atoms with E-state index in [1.54, 1.807) is 18.2 Å². The predicted molar refractivity (Wildman–Crippen MR) is 108 cm³/mol. The Morgan fingerprint density at radius 2 is 1.69 bits per heavy atom. The minimum atomic E-state index is -0.833. The van der Waals surface area contributed by atoms with Crippen LogP contribution in [-0.4, -0.2) is 35.6 Å². The first-order valence-electron chi connectivity index (χ1n) is 8.50. The molecule has 142 valence electrons. The van der Waals surface area contributed by atoms with E-state index in [0.29, 0.717) is 15.8 Å². The van der Waals surface area contributed by atoms with Crippen molar-refractivity contribution in [3.05, 3.63) is 58.1 Å². The lowest BCUT2D eigenvalue weighted by Gasteiger charge is -2.19. The molecule has 0 fully saturated rings. The Morgan fingerprint density at radius 1 is 1.08 bits per heavy atom. The number of likely N-dealkylation sites (N-methyl/N-ethyl adjacent to an activating group) is 1. The molecule has 1 N–H and O–H groups in total. The van der Waals surface area contributed by atoms with E-state index in [-0.39, 0.29) is 0 Å². The molecule has 4 nitrogen and oxygen atoms in total. The molecule has 0 aliphatic heterocycles. The van der Waals surface area contributed by atoms with Crippen molar-refractivity contribution in [2.24, 2.45) is 0 Å². The largest absolute Gasteiger partial charge is 0.481 e. The zero-order valence-electron chi connectivity index (χ0n) is 15.3. The average Bonchev–Trinajstić information content (AvgIpc) is 2.59. The molecule has 2 aromatic rings. The predicted octanol–water partition coefficient (Wildman–Crippen LogP) is 5.76. The summed E-state index contributed by atoms with van der Waals surface area (Å²) in [7, 11) is 0. The molecule has 0 saturated heterocycles. The summed E-state index contributed by atoms with van der Waals surface area (Å²) in [6, 6.07) is 13.4.